The smallest absolute Gasteiger partial charge is 0.174 e. The number of aryl methyl sites for hydroxylation is 1. The Hall–Kier alpha value is -1.35. The van der Waals surface area contributed by atoms with Gasteiger partial charge in [-0.05, 0) is 61.0 Å². The minimum atomic E-state index is 0.645. The molecule has 88 valence electrons. The maximum Gasteiger partial charge on any atom is 0.174 e. The second kappa shape index (κ2) is 4.15. The molecule has 0 spiro atoms. The molecule has 0 radical (unpaired) electrons. The van der Waals surface area contributed by atoms with Crippen molar-refractivity contribution in [1.29, 1.82) is 0 Å². The van der Waals surface area contributed by atoms with Crippen LogP contribution in [0.25, 0.3) is 0 Å². The lowest BCUT2D eigenvalue weighted by Crippen LogP contribution is -1.99. The van der Waals surface area contributed by atoms with E-state index in [2.05, 4.69) is 35.1 Å². The van der Waals surface area contributed by atoms with E-state index in [0.29, 0.717) is 5.92 Å². The van der Waals surface area contributed by atoms with Gasteiger partial charge in [-0.15, -0.1) is 0 Å². The molecule has 2 nitrogen and oxygen atoms in total. The molecule has 1 unspecified atom stereocenters. The molecular formula is C14H16N2S. The third-order valence-corrected chi connectivity index (χ3v) is 3.97. The van der Waals surface area contributed by atoms with Crippen molar-refractivity contribution in [2.45, 2.75) is 32.1 Å². The average molecular weight is 244 g/mol. The third kappa shape index (κ3) is 1.95. The second-order valence-electron chi connectivity index (χ2n) is 4.85. The number of fused-ring (bicyclic) bond motifs is 1. The highest BCUT2D eigenvalue weighted by Crippen LogP contribution is 2.36. The van der Waals surface area contributed by atoms with E-state index in [1.807, 2.05) is 6.20 Å². The van der Waals surface area contributed by atoms with E-state index in [9.17, 15) is 0 Å². The predicted octanol–water partition coefficient (Wildman–Crippen LogP) is 3.65. The first-order valence-electron chi connectivity index (χ1n) is 6.09. The molecule has 0 saturated heterocycles. The standard InChI is InChI=1S/C14H16N2S/c1-9-3-2-4-13-10(5-6-12(9)13)7-11-8-15-14(17)16-11/h2-4,8,10H,5-7H2,1H3,(H2,15,16,17). The van der Waals surface area contributed by atoms with Gasteiger partial charge in [0.1, 0.15) is 0 Å². The van der Waals surface area contributed by atoms with E-state index in [-0.39, 0.29) is 0 Å². The molecule has 2 N–H and O–H groups in total. The highest BCUT2D eigenvalue weighted by Gasteiger charge is 2.23. The Kier molecular flexibility index (Phi) is 2.63. The van der Waals surface area contributed by atoms with Crippen LogP contribution in [-0.2, 0) is 12.8 Å². The van der Waals surface area contributed by atoms with Gasteiger partial charge in [0.25, 0.3) is 0 Å². The van der Waals surface area contributed by atoms with E-state index < -0.39 is 0 Å². The fourth-order valence-electron chi connectivity index (χ4n) is 2.88. The monoisotopic (exact) mass is 244 g/mol. The van der Waals surface area contributed by atoms with Gasteiger partial charge < -0.3 is 9.97 Å². The zero-order chi connectivity index (χ0) is 11.8. The molecule has 0 saturated carbocycles. The molecule has 0 bridgehead atoms. The number of benzene rings is 1. The van der Waals surface area contributed by atoms with Gasteiger partial charge >= 0.3 is 0 Å². The Morgan fingerprint density at radius 2 is 2.29 bits per heavy atom. The number of hydrogen-bond acceptors (Lipinski definition) is 1. The van der Waals surface area contributed by atoms with Crippen LogP contribution in [0.5, 0.6) is 0 Å². The summed E-state index contributed by atoms with van der Waals surface area (Å²) in [6.07, 6.45) is 5.53. The van der Waals surface area contributed by atoms with E-state index >= 15 is 0 Å². The Bertz CT molecular complexity index is 594. The van der Waals surface area contributed by atoms with Crippen molar-refractivity contribution in [1.82, 2.24) is 9.97 Å². The Balaban J connectivity index is 1.89. The van der Waals surface area contributed by atoms with Crippen molar-refractivity contribution >= 4 is 12.2 Å². The summed E-state index contributed by atoms with van der Waals surface area (Å²) in [6.45, 7) is 2.21. The molecule has 1 aliphatic carbocycles. The maximum atomic E-state index is 5.06. The molecule has 1 aliphatic rings. The van der Waals surface area contributed by atoms with Crippen molar-refractivity contribution in [2.75, 3.05) is 0 Å². The van der Waals surface area contributed by atoms with Gasteiger partial charge in [0, 0.05) is 11.9 Å². The van der Waals surface area contributed by atoms with Crippen LogP contribution >= 0.6 is 12.2 Å². The molecule has 1 aromatic heterocycles. The number of aromatic nitrogens is 2. The van der Waals surface area contributed by atoms with Gasteiger partial charge in [0.2, 0.25) is 0 Å². The average Bonchev–Trinajstić information content (AvgIpc) is 2.88. The fourth-order valence-corrected chi connectivity index (χ4v) is 3.07. The van der Waals surface area contributed by atoms with Crippen LogP contribution in [0.3, 0.4) is 0 Å². The molecule has 3 heteroatoms. The van der Waals surface area contributed by atoms with Gasteiger partial charge in [0.05, 0.1) is 0 Å². The Morgan fingerprint density at radius 3 is 3.06 bits per heavy atom. The van der Waals surface area contributed by atoms with Crippen LogP contribution in [0.15, 0.2) is 24.4 Å². The summed E-state index contributed by atoms with van der Waals surface area (Å²) in [5.74, 6) is 0.645. The summed E-state index contributed by atoms with van der Waals surface area (Å²) < 4.78 is 0.725. The van der Waals surface area contributed by atoms with E-state index in [0.717, 1.165) is 11.2 Å². The molecule has 1 heterocycles. The topological polar surface area (TPSA) is 31.6 Å². The predicted molar refractivity (Wildman–Crippen MR) is 71.9 cm³/mol. The summed E-state index contributed by atoms with van der Waals surface area (Å²) in [6, 6.07) is 6.66. The minimum absolute atomic E-state index is 0.645. The Labute approximate surface area is 106 Å². The van der Waals surface area contributed by atoms with Gasteiger partial charge in [-0.3, -0.25) is 0 Å². The van der Waals surface area contributed by atoms with Crippen LogP contribution < -0.4 is 0 Å². The van der Waals surface area contributed by atoms with Gasteiger partial charge in [-0.1, -0.05) is 18.2 Å². The van der Waals surface area contributed by atoms with Crippen LogP contribution in [0.2, 0.25) is 0 Å². The first-order valence-corrected chi connectivity index (χ1v) is 6.50. The highest BCUT2D eigenvalue weighted by atomic mass is 32.1. The van der Waals surface area contributed by atoms with Crippen LogP contribution in [0.4, 0.5) is 0 Å². The molecular weight excluding hydrogens is 228 g/mol. The summed E-state index contributed by atoms with van der Waals surface area (Å²) in [5.41, 5.74) is 5.75. The number of rotatable bonds is 2. The molecule has 3 rings (SSSR count). The first kappa shape index (κ1) is 10.8. The van der Waals surface area contributed by atoms with Gasteiger partial charge in [-0.25, -0.2) is 0 Å². The second-order valence-corrected chi connectivity index (χ2v) is 5.26. The summed E-state index contributed by atoms with van der Waals surface area (Å²) in [7, 11) is 0. The lowest BCUT2D eigenvalue weighted by atomic mass is 9.95. The number of H-pyrrole nitrogens is 2. The van der Waals surface area contributed by atoms with Crippen molar-refractivity contribution in [3.05, 3.63) is 51.6 Å². The number of nitrogens with one attached hydrogen (secondary N) is 2. The molecule has 0 aliphatic heterocycles. The molecule has 0 fully saturated rings. The van der Waals surface area contributed by atoms with Crippen LogP contribution in [-0.4, -0.2) is 9.97 Å². The number of hydrogen-bond donors (Lipinski definition) is 2. The largest absolute Gasteiger partial charge is 0.337 e. The zero-order valence-electron chi connectivity index (χ0n) is 9.92. The lowest BCUT2D eigenvalue weighted by Gasteiger charge is -2.10. The van der Waals surface area contributed by atoms with Crippen molar-refractivity contribution in [3.8, 4) is 0 Å². The van der Waals surface area contributed by atoms with Crippen LogP contribution in [0.1, 0.15) is 34.7 Å². The summed E-state index contributed by atoms with van der Waals surface area (Å²) in [5, 5.41) is 0. The van der Waals surface area contributed by atoms with Gasteiger partial charge in [-0.2, -0.15) is 0 Å². The minimum Gasteiger partial charge on any atom is -0.337 e. The molecule has 1 aromatic carbocycles. The zero-order valence-corrected chi connectivity index (χ0v) is 10.7. The molecule has 0 amide bonds. The summed E-state index contributed by atoms with van der Waals surface area (Å²) in [4.78, 5) is 6.24. The van der Waals surface area contributed by atoms with Crippen molar-refractivity contribution in [2.24, 2.45) is 0 Å². The highest BCUT2D eigenvalue weighted by molar-refractivity contribution is 7.71. The van der Waals surface area contributed by atoms with Crippen molar-refractivity contribution in [3.63, 3.8) is 0 Å². The molecule has 1 atom stereocenters. The number of aromatic amines is 2. The quantitative estimate of drug-likeness (QED) is 0.776. The Morgan fingerprint density at radius 1 is 1.41 bits per heavy atom. The van der Waals surface area contributed by atoms with E-state index in [1.165, 1.54) is 29.7 Å². The van der Waals surface area contributed by atoms with E-state index in [1.54, 1.807) is 5.56 Å². The summed E-state index contributed by atoms with van der Waals surface area (Å²) >= 11 is 5.06. The first-order chi connectivity index (χ1) is 8.24. The maximum absolute atomic E-state index is 5.06. The van der Waals surface area contributed by atoms with Crippen LogP contribution in [0, 0.1) is 11.7 Å². The normalized spacial score (nSPS) is 18.3. The SMILES string of the molecule is Cc1cccc2c1CCC2Cc1c[nH]c(=S)[nH]1. The fraction of sp³-hybridized carbons (Fsp3) is 0.357. The lowest BCUT2D eigenvalue weighted by molar-refractivity contribution is 0.665. The molecule has 17 heavy (non-hydrogen) atoms. The molecule has 2 aromatic rings. The van der Waals surface area contributed by atoms with Gasteiger partial charge in [0.15, 0.2) is 4.77 Å². The third-order valence-electron chi connectivity index (χ3n) is 3.75. The number of imidazole rings is 1. The van der Waals surface area contributed by atoms with Crippen molar-refractivity contribution < 1.29 is 0 Å². The van der Waals surface area contributed by atoms with E-state index in [4.69, 9.17) is 12.2 Å².